The number of esters is 1. The van der Waals surface area contributed by atoms with Crippen LogP contribution in [-0.2, 0) is 9.53 Å². The van der Waals surface area contributed by atoms with E-state index < -0.39 is 37.5 Å². The number of allylic oxidation sites excluding steroid dienone is 1. The Morgan fingerprint density at radius 2 is 1.62 bits per heavy atom. The average Bonchev–Trinajstić information content (AvgIpc) is 2.57. The minimum absolute atomic E-state index is 0.437. The van der Waals surface area contributed by atoms with Crippen molar-refractivity contribution >= 4 is 5.97 Å². The molecule has 0 aliphatic heterocycles. The van der Waals surface area contributed by atoms with Gasteiger partial charge in [0.25, 0.3) is 0 Å². The van der Waals surface area contributed by atoms with Crippen molar-refractivity contribution in [3.63, 3.8) is 0 Å². The van der Waals surface area contributed by atoms with E-state index in [0.29, 0.717) is 5.92 Å². The standard InChI is InChI=1S/C20H38O6/c1-14(2)7-5-8-15(3)9-6-10-16(4)11-19(24)26-13-18(23)20(25)17(22)12-21/h11,14-15,17-18,20-23,25H,5-10,12-13H2,1-4H3/b16-11+. The first-order valence-corrected chi connectivity index (χ1v) is 9.66. The second-order valence-electron chi connectivity index (χ2n) is 7.75. The summed E-state index contributed by atoms with van der Waals surface area (Å²) in [6.07, 6.45) is 3.65. The molecule has 0 aromatic rings. The fraction of sp³-hybridized carbons (Fsp3) is 0.850. The van der Waals surface area contributed by atoms with Gasteiger partial charge in [-0.25, -0.2) is 4.79 Å². The lowest BCUT2D eigenvalue weighted by molar-refractivity contribution is -0.146. The van der Waals surface area contributed by atoms with Gasteiger partial charge in [-0.2, -0.15) is 0 Å². The first kappa shape index (κ1) is 25.1. The molecule has 4 unspecified atom stereocenters. The molecule has 0 rings (SSSR count). The van der Waals surface area contributed by atoms with Crippen LogP contribution in [0.1, 0.15) is 66.2 Å². The van der Waals surface area contributed by atoms with Gasteiger partial charge in [-0.1, -0.05) is 52.0 Å². The number of hydrogen-bond acceptors (Lipinski definition) is 6. The third-order valence-corrected chi connectivity index (χ3v) is 4.48. The molecule has 0 fully saturated rings. The quantitative estimate of drug-likeness (QED) is 0.274. The average molecular weight is 375 g/mol. The Morgan fingerprint density at radius 3 is 2.19 bits per heavy atom. The number of aliphatic hydroxyl groups is 4. The van der Waals surface area contributed by atoms with Crippen LogP contribution >= 0.6 is 0 Å². The molecule has 6 nitrogen and oxygen atoms in total. The van der Waals surface area contributed by atoms with Gasteiger partial charge < -0.3 is 25.2 Å². The highest BCUT2D eigenvalue weighted by molar-refractivity contribution is 5.82. The monoisotopic (exact) mass is 374 g/mol. The van der Waals surface area contributed by atoms with Gasteiger partial charge >= 0.3 is 5.97 Å². The topological polar surface area (TPSA) is 107 Å². The van der Waals surface area contributed by atoms with Crippen LogP contribution in [0, 0.1) is 11.8 Å². The van der Waals surface area contributed by atoms with Gasteiger partial charge in [-0.05, 0) is 31.6 Å². The zero-order chi connectivity index (χ0) is 20.1. The second kappa shape index (κ2) is 14.2. The third-order valence-electron chi connectivity index (χ3n) is 4.48. The smallest absolute Gasteiger partial charge is 0.330 e. The van der Waals surface area contributed by atoms with Crippen LogP contribution in [0.3, 0.4) is 0 Å². The van der Waals surface area contributed by atoms with E-state index in [0.717, 1.165) is 30.8 Å². The molecule has 0 amide bonds. The van der Waals surface area contributed by atoms with Crippen molar-refractivity contribution in [3.05, 3.63) is 11.6 Å². The molecule has 0 radical (unpaired) electrons. The highest BCUT2D eigenvalue weighted by atomic mass is 16.5. The van der Waals surface area contributed by atoms with Crippen LogP contribution in [0.15, 0.2) is 11.6 Å². The maximum atomic E-state index is 11.7. The Labute approximate surface area is 157 Å². The van der Waals surface area contributed by atoms with Crippen LogP contribution in [0.2, 0.25) is 0 Å². The van der Waals surface area contributed by atoms with Gasteiger partial charge in [0.1, 0.15) is 24.9 Å². The molecule has 0 bridgehead atoms. The van der Waals surface area contributed by atoms with Gasteiger partial charge in [-0.15, -0.1) is 0 Å². The molecule has 0 aliphatic rings. The number of carbonyl (C=O) groups is 1. The van der Waals surface area contributed by atoms with Crippen molar-refractivity contribution < 1.29 is 30.0 Å². The maximum absolute atomic E-state index is 11.7. The fourth-order valence-corrected chi connectivity index (χ4v) is 2.69. The molecular formula is C20H38O6. The molecule has 0 aromatic carbocycles. The van der Waals surface area contributed by atoms with Crippen LogP contribution < -0.4 is 0 Å². The molecule has 4 atom stereocenters. The van der Waals surface area contributed by atoms with E-state index >= 15 is 0 Å². The van der Waals surface area contributed by atoms with Crippen LogP contribution in [0.4, 0.5) is 0 Å². The zero-order valence-electron chi connectivity index (χ0n) is 16.7. The lowest BCUT2D eigenvalue weighted by Gasteiger charge is -2.20. The summed E-state index contributed by atoms with van der Waals surface area (Å²) < 4.78 is 4.88. The Bertz CT molecular complexity index is 407. The molecular weight excluding hydrogens is 336 g/mol. The zero-order valence-corrected chi connectivity index (χ0v) is 16.7. The first-order valence-electron chi connectivity index (χ1n) is 9.66. The Kier molecular flexibility index (Phi) is 13.6. The molecule has 0 heterocycles. The summed E-state index contributed by atoms with van der Waals surface area (Å²) >= 11 is 0. The maximum Gasteiger partial charge on any atom is 0.330 e. The highest BCUT2D eigenvalue weighted by Gasteiger charge is 2.25. The van der Waals surface area contributed by atoms with Gasteiger partial charge in [-0.3, -0.25) is 0 Å². The number of hydrogen-bond donors (Lipinski definition) is 4. The summed E-state index contributed by atoms with van der Waals surface area (Å²) in [7, 11) is 0. The molecule has 0 saturated heterocycles. The van der Waals surface area contributed by atoms with Crippen molar-refractivity contribution in [1.82, 2.24) is 0 Å². The first-order chi connectivity index (χ1) is 12.2. The molecule has 154 valence electrons. The van der Waals surface area contributed by atoms with Gasteiger partial charge in [0, 0.05) is 6.08 Å². The molecule has 6 heteroatoms. The summed E-state index contributed by atoms with van der Waals surface area (Å²) in [5, 5.41) is 37.0. The SMILES string of the molecule is C/C(=C\C(=O)OCC(O)C(O)C(O)CO)CCCC(C)CCCC(C)C. The van der Waals surface area contributed by atoms with E-state index in [1.54, 1.807) is 0 Å². The fourth-order valence-electron chi connectivity index (χ4n) is 2.69. The normalized spacial score (nSPS) is 17.0. The Balaban J connectivity index is 4.02. The number of carbonyl (C=O) groups excluding carboxylic acids is 1. The van der Waals surface area contributed by atoms with Crippen LogP contribution in [-0.4, -0.2) is 57.9 Å². The summed E-state index contributed by atoms with van der Waals surface area (Å²) in [4.78, 5) is 11.7. The van der Waals surface area contributed by atoms with E-state index in [1.807, 2.05) is 6.92 Å². The summed E-state index contributed by atoms with van der Waals surface area (Å²) in [5.41, 5.74) is 0.912. The second-order valence-corrected chi connectivity index (χ2v) is 7.75. The third kappa shape index (κ3) is 12.4. The Hall–Kier alpha value is -0.950. The van der Waals surface area contributed by atoms with Gasteiger partial charge in [0.2, 0.25) is 0 Å². The largest absolute Gasteiger partial charge is 0.460 e. The van der Waals surface area contributed by atoms with E-state index in [1.165, 1.54) is 25.3 Å². The van der Waals surface area contributed by atoms with Crippen molar-refractivity contribution in [2.45, 2.75) is 84.5 Å². The van der Waals surface area contributed by atoms with E-state index in [-0.39, 0.29) is 0 Å². The minimum Gasteiger partial charge on any atom is -0.460 e. The van der Waals surface area contributed by atoms with Crippen LogP contribution in [0.5, 0.6) is 0 Å². The molecule has 0 aliphatic carbocycles. The molecule has 4 N–H and O–H groups in total. The van der Waals surface area contributed by atoms with Crippen molar-refractivity contribution in [3.8, 4) is 0 Å². The van der Waals surface area contributed by atoms with Gasteiger partial charge in [0.15, 0.2) is 0 Å². The lowest BCUT2D eigenvalue weighted by Crippen LogP contribution is -2.42. The van der Waals surface area contributed by atoms with Gasteiger partial charge in [0.05, 0.1) is 6.61 Å². The molecule has 0 aromatic heterocycles. The predicted octanol–water partition coefficient (Wildman–Crippen LogP) is 2.18. The summed E-state index contributed by atoms with van der Waals surface area (Å²) in [6.45, 7) is 7.50. The predicted molar refractivity (Wildman–Crippen MR) is 102 cm³/mol. The van der Waals surface area contributed by atoms with Crippen molar-refractivity contribution in [2.24, 2.45) is 11.8 Å². The molecule has 0 spiro atoms. The Morgan fingerprint density at radius 1 is 1.00 bits per heavy atom. The minimum atomic E-state index is -1.56. The number of aliphatic hydroxyl groups excluding tert-OH is 4. The van der Waals surface area contributed by atoms with E-state index in [2.05, 4.69) is 20.8 Å². The summed E-state index contributed by atoms with van der Waals surface area (Å²) in [5.74, 6) is 0.852. The van der Waals surface area contributed by atoms with Crippen molar-refractivity contribution in [2.75, 3.05) is 13.2 Å². The molecule has 0 saturated carbocycles. The van der Waals surface area contributed by atoms with E-state index in [9.17, 15) is 20.1 Å². The lowest BCUT2D eigenvalue weighted by atomic mass is 9.94. The van der Waals surface area contributed by atoms with Crippen molar-refractivity contribution in [1.29, 1.82) is 0 Å². The van der Waals surface area contributed by atoms with E-state index in [4.69, 9.17) is 9.84 Å². The molecule has 26 heavy (non-hydrogen) atoms. The summed E-state index contributed by atoms with van der Waals surface area (Å²) in [6, 6.07) is 0. The number of rotatable bonds is 14. The number of ether oxygens (including phenoxy) is 1. The van der Waals surface area contributed by atoms with Crippen LogP contribution in [0.25, 0.3) is 0 Å². The highest BCUT2D eigenvalue weighted by Crippen LogP contribution is 2.19.